The van der Waals surface area contributed by atoms with E-state index in [4.69, 9.17) is 5.11 Å². The van der Waals surface area contributed by atoms with Crippen molar-refractivity contribution in [2.75, 3.05) is 6.54 Å². The highest BCUT2D eigenvalue weighted by atomic mass is 16.4. The largest absolute Gasteiger partial charge is 0.481 e. The minimum Gasteiger partial charge on any atom is -0.481 e. The molecule has 2 heterocycles. The van der Waals surface area contributed by atoms with Crippen LogP contribution in [0.2, 0.25) is 0 Å². The van der Waals surface area contributed by atoms with Crippen molar-refractivity contribution in [3.8, 4) is 0 Å². The van der Waals surface area contributed by atoms with E-state index in [9.17, 15) is 9.59 Å². The van der Waals surface area contributed by atoms with Gasteiger partial charge in [-0.1, -0.05) is 0 Å². The Labute approximate surface area is 122 Å². The summed E-state index contributed by atoms with van der Waals surface area (Å²) in [5, 5.41) is 16.7. The number of carboxylic acids is 1. The number of carboxylic acid groups (broad SMARTS) is 1. The molecule has 0 unspecified atom stereocenters. The molecule has 0 bridgehead atoms. The van der Waals surface area contributed by atoms with Gasteiger partial charge < -0.3 is 10.4 Å². The van der Waals surface area contributed by atoms with Crippen molar-refractivity contribution in [1.82, 2.24) is 20.1 Å². The van der Waals surface area contributed by atoms with Crippen molar-refractivity contribution in [1.29, 1.82) is 0 Å². The molecule has 0 saturated carbocycles. The van der Waals surface area contributed by atoms with Gasteiger partial charge in [-0.2, -0.15) is 5.10 Å². The predicted octanol–water partition coefficient (Wildman–Crippen LogP) is 1.12. The highest BCUT2D eigenvalue weighted by Crippen LogP contribution is 2.17. The molecule has 2 aromatic heterocycles. The maximum atomic E-state index is 12.1. The number of aromatic nitrogens is 3. The van der Waals surface area contributed by atoms with Gasteiger partial charge in [0.1, 0.15) is 0 Å². The number of amides is 1. The number of nitrogens with one attached hydrogen (secondary N) is 1. The van der Waals surface area contributed by atoms with Gasteiger partial charge in [0, 0.05) is 25.2 Å². The zero-order valence-electron chi connectivity index (χ0n) is 12.5. The van der Waals surface area contributed by atoms with Gasteiger partial charge in [-0.05, 0) is 26.8 Å². The lowest BCUT2D eigenvalue weighted by Gasteiger charge is -2.19. The van der Waals surface area contributed by atoms with Crippen molar-refractivity contribution in [3.63, 3.8) is 0 Å². The molecule has 0 atom stereocenters. The minimum atomic E-state index is -1.02. The molecule has 2 aromatic rings. The highest BCUT2D eigenvalue weighted by Gasteiger charge is 2.27. The van der Waals surface area contributed by atoms with Crippen LogP contribution in [0.25, 0.3) is 11.0 Å². The minimum absolute atomic E-state index is 0.0469. The zero-order chi connectivity index (χ0) is 15.8. The van der Waals surface area contributed by atoms with Crippen molar-refractivity contribution >= 4 is 22.9 Å². The smallest absolute Gasteiger partial charge is 0.310 e. The van der Waals surface area contributed by atoms with Gasteiger partial charge >= 0.3 is 5.97 Å². The second-order valence-corrected chi connectivity index (χ2v) is 5.68. The van der Waals surface area contributed by atoms with Crippen LogP contribution in [-0.4, -0.2) is 38.3 Å². The number of hydrogen-bond acceptors (Lipinski definition) is 4. The average Bonchev–Trinajstić information content (AvgIpc) is 2.71. The van der Waals surface area contributed by atoms with Crippen LogP contribution in [-0.2, 0) is 11.8 Å². The number of fused-ring (bicyclic) bond motifs is 1. The normalized spacial score (nSPS) is 11.6. The maximum absolute atomic E-state index is 12.1. The lowest BCUT2D eigenvalue weighted by Crippen LogP contribution is -2.38. The molecule has 21 heavy (non-hydrogen) atoms. The third-order valence-electron chi connectivity index (χ3n) is 3.40. The topological polar surface area (TPSA) is 97.1 Å². The first-order valence-corrected chi connectivity index (χ1v) is 6.53. The van der Waals surface area contributed by atoms with Crippen molar-refractivity contribution < 1.29 is 14.7 Å². The maximum Gasteiger partial charge on any atom is 0.310 e. The van der Waals surface area contributed by atoms with E-state index in [2.05, 4.69) is 15.4 Å². The van der Waals surface area contributed by atoms with Gasteiger partial charge in [-0.25, -0.2) is 4.98 Å². The molecule has 0 aliphatic heterocycles. The Hall–Kier alpha value is -2.44. The summed E-state index contributed by atoms with van der Waals surface area (Å²) in [7, 11) is 1.79. The molecule has 0 aromatic carbocycles. The summed E-state index contributed by atoms with van der Waals surface area (Å²) in [4.78, 5) is 27.3. The van der Waals surface area contributed by atoms with Crippen LogP contribution in [0.1, 0.15) is 29.9 Å². The summed E-state index contributed by atoms with van der Waals surface area (Å²) >= 11 is 0. The molecule has 0 saturated heterocycles. The van der Waals surface area contributed by atoms with Crippen molar-refractivity contribution in [2.45, 2.75) is 20.8 Å². The van der Waals surface area contributed by atoms with Crippen molar-refractivity contribution in [3.05, 3.63) is 23.5 Å². The van der Waals surface area contributed by atoms with E-state index in [0.29, 0.717) is 11.2 Å². The van der Waals surface area contributed by atoms with Crippen LogP contribution >= 0.6 is 0 Å². The van der Waals surface area contributed by atoms with E-state index < -0.39 is 11.4 Å². The number of carbonyl (C=O) groups excluding carboxylic acids is 1. The molecule has 7 heteroatoms. The number of aryl methyl sites for hydroxylation is 2. The molecule has 0 radical (unpaired) electrons. The third kappa shape index (κ3) is 2.86. The number of nitrogens with zero attached hydrogens (tertiary/aromatic N) is 3. The van der Waals surface area contributed by atoms with Crippen molar-refractivity contribution in [2.24, 2.45) is 12.5 Å². The number of rotatable bonds is 4. The first-order valence-electron chi connectivity index (χ1n) is 6.53. The van der Waals surface area contributed by atoms with Gasteiger partial charge in [0.15, 0.2) is 5.65 Å². The molecular weight excluding hydrogens is 272 g/mol. The Balaban J connectivity index is 2.20. The molecule has 0 spiro atoms. The SMILES string of the molecule is Cc1nn(C)c2ncc(C(=O)NCC(C)(C)C(=O)O)cc12. The summed E-state index contributed by atoms with van der Waals surface area (Å²) in [6, 6.07) is 1.72. The Kier molecular flexibility index (Phi) is 3.67. The van der Waals surface area contributed by atoms with Crippen LogP contribution in [0.3, 0.4) is 0 Å². The van der Waals surface area contributed by atoms with Crippen LogP contribution in [0.4, 0.5) is 0 Å². The lowest BCUT2D eigenvalue weighted by atomic mass is 9.94. The van der Waals surface area contributed by atoms with Gasteiger partial charge in [-0.3, -0.25) is 14.3 Å². The van der Waals surface area contributed by atoms with E-state index >= 15 is 0 Å². The van der Waals surface area contributed by atoms with E-state index in [0.717, 1.165) is 11.1 Å². The van der Waals surface area contributed by atoms with Crippen LogP contribution < -0.4 is 5.32 Å². The molecule has 1 amide bonds. The van der Waals surface area contributed by atoms with Gasteiger partial charge in [-0.15, -0.1) is 0 Å². The Morgan fingerprint density at radius 3 is 2.71 bits per heavy atom. The number of aliphatic carboxylic acids is 1. The quantitative estimate of drug-likeness (QED) is 0.879. The fourth-order valence-corrected chi connectivity index (χ4v) is 1.91. The molecule has 0 aliphatic carbocycles. The van der Waals surface area contributed by atoms with Gasteiger partial charge in [0.2, 0.25) is 0 Å². The summed E-state index contributed by atoms with van der Waals surface area (Å²) in [6.07, 6.45) is 1.46. The number of carbonyl (C=O) groups is 2. The fourth-order valence-electron chi connectivity index (χ4n) is 1.91. The van der Waals surface area contributed by atoms with E-state index in [1.807, 2.05) is 6.92 Å². The second kappa shape index (κ2) is 5.16. The second-order valence-electron chi connectivity index (χ2n) is 5.68. The Bertz CT molecular complexity index is 718. The Morgan fingerprint density at radius 1 is 1.43 bits per heavy atom. The Morgan fingerprint density at radius 2 is 2.10 bits per heavy atom. The molecule has 2 rings (SSSR count). The third-order valence-corrected chi connectivity index (χ3v) is 3.40. The van der Waals surface area contributed by atoms with Crippen LogP contribution in [0, 0.1) is 12.3 Å². The molecular formula is C14H18N4O3. The zero-order valence-corrected chi connectivity index (χ0v) is 12.5. The van der Waals surface area contributed by atoms with Crippen LogP contribution in [0.15, 0.2) is 12.3 Å². The van der Waals surface area contributed by atoms with E-state index in [1.54, 1.807) is 31.6 Å². The van der Waals surface area contributed by atoms with Gasteiger partial charge in [0.25, 0.3) is 5.91 Å². The number of hydrogen-bond donors (Lipinski definition) is 2. The monoisotopic (exact) mass is 290 g/mol. The van der Waals surface area contributed by atoms with E-state index in [1.165, 1.54) is 6.20 Å². The number of pyridine rings is 1. The summed E-state index contributed by atoms with van der Waals surface area (Å²) in [6.45, 7) is 5.01. The molecule has 112 valence electrons. The lowest BCUT2D eigenvalue weighted by molar-refractivity contribution is -0.146. The predicted molar refractivity (Wildman–Crippen MR) is 77.0 cm³/mol. The standard InChI is InChI=1S/C14H18N4O3/c1-8-10-5-9(6-15-11(10)18(4)17-8)12(19)16-7-14(2,3)13(20)21/h5-6H,7H2,1-4H3,(H,16,19)(H,20,21). The molecule has 2 N–H and O–H groups in total. The molecule has 7 nitrogen and oxygen atoms in total. The van der Waals surface area contributed by atoms with E-state index in [-0.39, 0.29) is 12.5 Å². The molecule has 0 fully saturated rings. The summed E-state index contributed by atoms with van der Waals surface area (Å²) in [5.74, 6) is -1.30. The first kappa shape index (κ1) is 15.0. The summed E-state index contributed by atoms with van der Waals surface area (Å²) < 4.78 is 1.65. The van der Waals surface area contributed by atoms with Gasteiger partial charge in [0.05, 0.1) is 16.7 Å². The summed E-state index contributed by atoms with van der Waals surface area (Å²) in [5.41, 5.74) is 0.868. The first-order chi connectivity index (χ1) is 9.72. The average molecular weight is 290 g/mol. The van der Waals surface area contributed by atoms with Crippen LogP contribution in [0.5, 0.6) is 0 Å². The highest BCUT2D eigenvalue weighted by molar-refractivity contribution is 5.97. The molecule has 0 aliphatic rings. The fraction of sp³-hybridized carbons (Fsp3) is 0.429.